The highest BCUT2D eigenvalue weighted by Gasteiger charge is 2.61. The summed E-state index contributed by atoms with van der Waals surface area (Å²) in [4.78, 5) is 3.53. The molecule has 0 aliphatic carbocycles. The van der Waals surface area contributed by atoms with Crippen LogP contribution in [0.15, 0.2) is 60.7 Å². The molecule has 2 unspecified atom stereocenters. The molecule has 0 aromatic heterocycles. The van der Waals surface area contributed by atoms with E-state index in [9.17, 15) is 5.11 Å². The first-order valence-corrected chi connectivity index (χ1v) is 9.65. The predicted molar refractivity (Wildman–Crippen MR) is 108 cm³/mol. The quantitative estimate of drug-likeness (QED) is 0.692. The van der Waals surface area contributed by atoms with Crippen molar-refractivity contribution in [2.45, 2.75) is 44.4 Å². The fourth-order valence-corrected chi connectivity index (χ4v) is 3.45. The van der Waals surface area contributed by atoms with E-state index in [4.69, 9.17) is 25.5 Å². The first-order chi connectivity index (χ1) is 14.1. The van der Waals surface area contributed by atoms with Crippen molar-refractivity contribution in [3.8, 4) is 0 Å². The molecule has 5 atom stereocenters. The number of nitrogens with zero attached hydrogens (tertiary/aromatic N) is 1. The van der Waals surface area contributed by atoms with Crippen molar-refractivity contribution in [2.24, 2.45) is 5.92 Å². The van der Waals surface area contributed by atoms with Gasteiger partial charge in [0.2, 0.25) is 6.10 Å². The van der Waals surface area contributed by atoms with Gasteiger partial charge in [0, 0.05) is 7.11 Å². The van der Waals surface area contributed by atoms with Gasteiger partial charge in [0.05, 0.1) is 31.8 Å². The van der Waals surface area contributed by atoms with E-state index in [-0.39, 0.29) is 13.2 Å². The fourth-order valence-electron chi connectivity index (χ4n) is 3.45. The zero-order chi connectivity index (χ0) is 20.7. The van der Waals surface area contributed by atoms with Crippen LogP contribution in [0.2, 0.25) is 0 Å². The van der Waals surface area contributed by atoms with Crippen LogP contribution in [-0.2, 0) is 32.2 Å². The third kappa shape index (κ3) is 5.02. The molecule has 0 bridgehead atoms. The summed E-state index contributed by atoms with van der Waals surface area (Å²) in [5.74, 6) is -0.525. The third-order valence-electron chi connectivity index (χ3n) is 5.28. The number of hydrogen-bond acceptors (Lipinski definition) is 5. The van der Waals surface area contributed by atoms with Gasteiger partial charge in [-0.3, -0.25) is 4.85 Å². The second-order valence-corrected chi connectivity index (χ2v) is 7.18. The summed E-state index contributed by atoms with van der Waals surface area (Å²) >= 11 is 0. The van der Waals surface area contributed by atoms with Crippen molar-refractivity contribution in [2.75, 3.05) is 13.7 Å². The minimum atomic E-state index is -1.78. The highest BCUT2D eigenvalue weighted by molar-refractivity contribution is 5.15. The molecule has 0 spiro atoms. The smallest absolute Gasteiger partial charge is 0.370 e. The summed E-state index contributed by atoms with van der Waals surface area (Å²) in [7, 11) is 1.48. The molecule has 1 aliphatic heterocycles. The fraction of sp³-hybridized carbons (Fsp3) is 0.435. The predicted octanol–water partition coefficient (Wildman–Crippen LogP) is 3.40. The van der Waals surface area contributed by atoms with Crippen LogP contribution in [0.4, 0.5) is 0 Å². The molecule has 1 fully saturated rings. The molecule has 2 aromatic rings. The van der Waals surface area contributed by atoms with Gasteiger partial charge in [0.25, 0.3) is 0 Å². The Morgan fingerprint density at radius 2 is 1.62 bits per heavy atom. The highest BCUT2D eigenvalue weighted by atomic mass is 16.7. The van der Waals surface area contributed by atoms with Crippen molar-refractivity contribution in [1.82, 2.24) is 0 Å². The van der Waals surface area contributed by atoms with Crippen LogP contribution in [0.1, 0.15) is 18.1 Å². The van der Waals surface area contributed by atoms with Crippen LogP contribution in [0, 0.1) is 12.5 Å². The molecular formula is C23H27NO5. The average Bonchev–Trinajstić information content (AvgIpc) is 2.77. The first-order valence-electron chi connectivity index (χ1n) is 9.65. The lowest BCUT2D eigenvalue weighted by molar-refractivity contribution is -0.315. The van der Waals surface area contributed by atoms with Gasteiger partial charge >= 0.3 is 5.72 Å². The topological polar surface area (TPSA) is 61.5 Å². The molecule has 2 aromatic carbocycles. The molecule has 1 N–H and O–H groups in total. The van der Waals surface area contributed by atoms with Crippen molar-refractivity contribution in [3.63, 3.8) is 0 Å². The number of aliphatic hydroxyl groups is 1. The second-order valence-electron chi connectivity index (χ2n) is 7.18. The Balaban J connectivity index is 1.66. The number of methoxy groups -OCH3 is 1. The van der Waals surface area contributed by atoms with E-state index in [1.165, 1.54) is 7.11 Å². The van der Waals surface area contributed by atoms with Crippen LogP contribution in [-0.4, -0.2) is 43.0 Å². The summed E-state index contributed by atoms with van der Waals surface area (Å²) in [6.07, 6.45) is -2.32. The molecule has 0 saturated carbocycles. The standard InChI is InChI=1S/C23H27NO5/c1-17-20(16-27-14-18-10-6-4-7-11-18)29-22(26-3)21(23(17,25)24-2)28-15-19-12-8-5-9-13-19/h4-13,17,20-22,25H,14-16H2,1,3H3/t17-,20?,21?,22-,23+/m0/s1. The Hall–Kier alpha value is -2.27. The van der Waals surface area contributed by atoms with E-state index < -0.39 is 30.1 Å². The lowest BCUT2D eigenvalue weighted by atomic mass is 9.85. The zero-order valence-corrected chi connectivity index (χ0v) is 16.7. The van der Waals surface area contributed by atoms with E-state index in [0.29, 0.717) is 6.61 Å². The minimum absolute atomic E-state index is 0.235. The average molecular weight is 397 g/mol. The van der Waals surface area contributed by atoms with Crippen LogP contribution in [0.25, 0.3) is 4.85 Å². The van der Waals surface area contributed by atoms with Gasteiger partial charge in [0.1, 0.15) is 0 Å². The first kappa shape index (κ1) is 21.4. The van der Waals surface area contributed by atoms with Gasteiger partial charge in [-0.1, -0.05) is 60.7 Å². The summed E-state index contributed by atoms with van der Waals surface area (Å²) in [6, 6.07) is 19.4. The second kappa shape index (κ2) is 9.97. The lowest BCUT2D eigenvalue weighted by Crippen LogP contribution is -2.63. The van der Waals surface area contributed by atoms with Crippen LogP contribution in [0.5, 0.6) is 0 Å². The Bertz CT molecular complexity index is 794. The van der Waals surface area contributed by atoms with E-state index in [2.05, 4.69) is 4.85 Å². The Kier molecular flexibility index (Phi) is 7.37. The normalized spacial score (nSPS) is 29.3. The lowest BCUT2D eigenvalue weighted by Gasteiger charge is -2.43. The monoisotopic (exact) mass is 397 g/mol. The van der Waals surface area contributed by atoms with Crippen molar-refractivity contribution in [3.05, 3.63) is 83.2 Å². The largest absolute Gasteiger partial charge is 0.374 e. The summed E-state index contributed by atoms with van der Waals surface area (Å²) < 4.78 is 23.1. The van der Waals surface area contributed by atoms with Crippen molar-refractivity contribution >= 4 is 0 Å². The Labute approximate surface area is 171 Å². The summed E-state index contributed by atoms with van der Waals surface area (Å²) in [5.41, 5.74) is 0.202. The van der Waals surface area contributed by atoms with E-state index >= 15 is 0 Å². The van der Waals surface area contributed by atoms with Gasteiger partial charge in [-0.15, -0.1) is 0 Å². The molecule has 0 amide bonds. The molecule has 29 heavy (non-hydrogen) atoms. The Morgan fingerprint density at radius 3 is 2.17 bits per heavy atom. The molecular weight excluding hydrogens is 370 g/mol. The number of rotatable bonds is 8. The molecule has 1 saturated heterocycles. The molecule has 6 nitrogen and oxygen atoms in total. The molecule has 154 valence electrons. The van der Waals surface area contributed by atoms with Crippen molar-refractivity contribution < 1.29 is 24.1 Å². The van der Waals surface area contributed by atoms with Gasteiger partial charge in [-0.25, -0.2) is 6.57 Å². The van der Waals surface area contributed by atoms with Gasteiger partial charge in [0.15, 0.2) is 6.29 Å². The van der Waals surface area contributed by atoms with E-state index in [1.54, 1.807) is 6.92 Å². The van der Waals surface area contributed by atoms with Crippen LogP contribution < -0.4 is 0 Å². The SMILES string of the molecule is [C-]#[N+][C@]1(O)C(OCc2ccccc2)[C@@H](OC)OC(COCc2ccccc2)[C@@H]1C. The zero-order valence-electron chi connectivity index (χ0n) is 16.7. The highest BCUT2D eigenvalue weighted by Crippen LogP contribution is 2.38. The molecule has 0 radical (unpaired) electrons. The van der Waals surface area contributed by atoms with E-state index in [1.807, 2.05) is 60.7 Å². The third-order valence-corrected chi connectivity index (χ3v) is 5.28. The van der Waals surface area contributed by atoms with Crippen LogP contribution in [0.3, 0.4) is 0 Å². The summed E-state index contributed by atoms with van der Waals surface area (Å²) in [5, 5.41) is 11.2. The molecule has 1 heterocycles. The molecule has 6 heteroatoms. The van der Waals surface area contributed by atoms with E-state index in [0.717, 1.165) is 11.1 Å². The van der Waals surface area contributed by atoms with Crippen molar-refractivity contribution in [1.29, 1.82) is 0 Å². The number of ether oxygens (including phenoxy) is 4. The molecule has 3 rings (SSSR count). The Morgan fingerprint density at radius 1 is 1.03 bits per heavy atom. The minimum Gasteiger partial charge on any atom is -0.374 e. The summed E-state index contributed by atoms with van der Waals surface area (Å²) in [6.45, 7) is 10.3. The molecule has 1 aliphatic rings. The number of benzene rings is 2. The van der Waals surface area contributed by atoms with Crippen LogP contribution >= 0.6 is 0 Å². The van der Waals surface area contributed by atoms with Gasteiger partial charge in [-0.2, -0.15) is 0 Å². The maximum absolute atomic E-state index is 11.2. The van der Waals surface area contributed by atoms with Gasteiger partial charge in [-0.05, 0) is 18.1 Å². The number of hydrogen-bond donors (Lipinski definition) is 1. The maximum Gasteiger partial charge on any atom is 0.370 e. The maximum atomic E-state index is 11.2. The van der Waals surface area contributed by atoms with Gasteiger partial charge < -0.3 is 24.1 Å².